The average Bonchev–Trinajstić information content (AvgIpc) is 2.56. The van der Waals surface area contributed by atoms with Crippen molar-refractivity contribution in [2.75, 3.05) is 18.7 Å². The number of aliphatic hydroxyl groups excluding tert-OH is 1. The normalized spacial score (nSPS) is 14.0. The minimum atomic E-state index is -3.39. The number of amides is 1. The predicted octanol–water partition coefficient (Wildman–Crippen LogP) is 1.19. The van der Waals surface area contributed by atoms with Gasteiger partial charge in [-0.2, -0.15) is 0 Å². The number of carbonyl (C=O) groups excluding carboxylic acids is 2. The van der Waals surface area contributed by atoms with Crippen LogP contribution in [0.1, 0.15) is 11.7 Å². The molecule has 2 atom stereocenters. The van der Waals surface area contributed by atoms with E-state index in [1.807, 2.05) is 0 Å². The van der Waals surface area contributed by atoms with Crippen molar-refractivity contribution >= 4 is 56.5 Å². The molecule has 7 nitrogen and oxygen atoms in total. The van der Waals surface area contributed by atoms with Gasteiger partial charge in [0.2, 0.25) is 0 Å². The van der Waals surface area contributed by atoms with Crippen LogP contribution in [0.2, 0.25) is 0 Å². The molecule has 0 fully saturated rings. The number of hydrogen-bond acceptors (Lipinski definition) is 6. The summed E-state index contributed by atoms with van der Waals surface area (Å²) in [5, 5.41) is 12.8. The Morgan fingerprint density at radius 2 is 1.80 bits per heavy atom. The van der Waals surface area contributed by atoms with Gasteiger partial charge in [-0.3, -0.25) is 9.59 Å². The van der Waals surface area contributed by atoms with Gasteiger partial charge < -0.3 is 15.2 Å². The quantitative estimate of drug-likeness (QED) is 0.472. The molecule has 140 valence electrons. The number of aliphatic hydroxyl groups is 1. The first-order valence-corrected chi connectivity index (χ1v) is 10.1. The van der Waals surface area contributed by atoms with Crippen LogP contribution in [0, 0.1) is 0 Å². The summed E-state index contributed by atoms with van der Waals surface area (Å²) in [7, 11) is -3.39. The first-order chi connectivity index (χ1) is 11.6. The van der Waals surface area contributed by atoms with Gasteiger partial charge in [-0.15, -0.1) is 11.6 Å². The van der Waals surface area contributed by atoms with Crippen molar-refractivity contribution in [1.82, 2.24) is 5.32 Å². The molecule has 0 aliphatic rings. The second-order valence-corrected chi connectivity index (χ2v) is 8.40. The lowest BCUT2D eigenvalue weighted by Gasteiger charge is -2.24. The summed E-state index contributed by atoms with van der Waals surface area (Å²) in [6.45, 7) is -0.382. The molecule has 1 amide bonds. The molecule has 25 heavy (non-hydrogen) atoms. The van der Waals surface area contributed by atoms with Crippen LogP contribution >= 0.6 is 34.8 Å². The van der Waals surface area contributed by atoms with Gasteiger partial charge in [0.25, 0.3) is 5.91 Å². The van der Waals surface area contributed by atoms with Crippen LogP contribution in [-0.2, 0) is 24.2 Å². The van der Waals surface area contributed by atoms with Crippen molar-refractivity contribution in [2.45, 2.75) is 21.9 Å². The molecule has 0 saturated heterocycles. The van der Waals surface area contributed by atoms with Crippen LogP contribution in [-0.4, -0.2) is 55.0 Å². The molecular formula is C14H16Cl3NO6S. The number of hydrogen-bond donors (Lipinski definition) is 2. The Hall–Kier alpha value is -1.06. The van der Waals surface area contributed by atoms with Gasteiger partial charge in [0.15, 0.2) is 14.7 Å². The molecule has 2 N–H and O–H groups in total. The number of sulfone groups is 1. The number of ether oxygens (including phenoxy) is 1. The topological polar surface area (TPSA) is 110 Å². The van der Waals surface area contributed by atoms with Crippen molar-refractivity contribution in [1.29, 1.82) is 0 Å². The van der Waals surface area contributed by atoms with Crippen LogP contribution in [0.25, 0.3) is 0 Å². The van der Waals surface area contributed by atoms with Crippen molar-refractivity contribution in [2.24, 2.45) is 0 Å². The van der Waals surface area contributed by atoms with Gasteiger partial charge >= 0.3 is 5.97 Å². The summed E-state index contributed by atoms with van der Waals surface area (Å²) >= 11 is 16.2. The van der Waals surface area contributed by atoms with Crippen LogP contribution in [0.3, 0.4) is 0 Å². The van der Waals surface area contributed by atoms with E-state index in [4.69, 9.17) is 39.5 Å². The number of halogens is 3. The summed E-state index contributed by atoms with van der Waals surface area (Å²) in [6.07, 6.45) is -0.262. The molecule has 0 aromatic heterocycles. The van der Waals surface area contributed by atoms with E-state index in [1.54, 1.807) is 0 Å². The van der Waals surface area contributed by atoms with Crippen LogP contribution in [0.4, 0.5) is 0 Å². The van der Waals surface area contributed by atoms with Crippen molar-refractivity contribution in [3.63, 3.8) is 0 Å². The Balaban J connectivity index is 2.98. The smallest absolute Gasteiger partial charge is 0.320 e. The maximum atomic E-state index is 11.7. The Morgan fingerprint density at radius 3 is 2.24 bits per heavy atom. The van der Waals surface area contributed by atoms with Crippen molar-refractivity contribution in [3.05, 3.63) is 29.8 Å². The largest absolute Gasteiger partial charge is 0.462 e. The molecule has 0 heterocycles. The molecule has 0 unspecified atom stereocenters. The van der Waals surface area contributed by atoms with E-state index < -0.39 is 44.6 Å². The highest BCUT2D eigenvalue weighted by Gasteiger charge is 2.26. The van der Waals surface area contributed by atoms with Gasteiger partial charge in [0.1, 0.15) is 18.6 Å². The molecule has 1 aromatic rings. The van der Waals surface area contributed by atoms with Crippen LogP contribution in [0.15, 0.2) is 29.2 Å². The lowest BCUT2D eigenvalue weighted by molar-refractivity contribution is -0.143. The second-order valence-electron chi connectivity index (χ2n) is 5.02. The third-order valence-corrected chi connectivity index (χ3v) is 4.83. The summed E-state index contributed by atoms with van der Waals surface area (Å²) in [5.41, 5.74) is 0.292. The van der Waals surface area contributed by atoms with Gasteiger partial charge in [-0.05, 0) is 17.7 Å². The average molecular weight is 433 g/mol. The predicted molar refractivity (Wildman–Crippen MR) is 93.6 cm³/mol. The number of benzene rings is 1. The van der Waals surface area contributed by atoms with Crippen LogP contribution < -0.4 is 5.32 Å². The Bertz CT molecular complexity index is 708. The van der Waals surface area contributed by atoms with E-state index in [-0.39, 0.29) is 11.5 Å². The zero-order valence-corrected chi connectivity index (χ0v) is 16.1. The first-order valence-electron chi connectivity index (χ1n) is 6.84. The van der Waals surface area contributed by atoms with E-state index in [1.165, 1.54) is 24.3 Å². The summed E-state index contributed by atoms with van der Waals surface area (Å²) in [5.74, 6) is -1.93. The monoisotopic (exact) mass is 431 g/mol. The number of alkyl halides is 3. The zero-order valence-electron chi connectivity index (χ0n) is 13.0. The fraction of sp³-hybridized carbons (Fsp3) is 0.429. The molecule has 0 spiro atoms. The van der Waals surface area contributed by atoms with Gasteiger partial charge in [0.05, 0.1) is 10.9 Å². The maximum absolute atomic E-state index is 11.7. The summed E-state index contributed by atoms with van der Waals surface area (Å²) in [4.78, 5) is 21.5. The van der Waals surface area contributed by atoms with Crippen LogP contribution in [0.5, 0.6) is 0 Å². The minimum Gasteiger partial charge on any atom is -0.462 e. The minimum absolute atomic E-state index is 0.0687. The Kier molecular flexibility index (Phi) is 8.43. The van der Waals surface area contributed by atoms with Crippen molar-refractivity contribution < 1.29 is 27.9 Å². The second kappa shape index (κ2) is 9.59. The van der Waals surface area contributed by atoms with E-state index in [0.717, 1.165) is 6.26 Å². The highest BCUT2D eigenvalue weighted by atomic mass is 35.5. The van der Waals surface area contributed by atoms with E-state index >= 15 is 0 Å². The van der Waals surface area contributed by atoms with Gasteiger partial charge in [0, 0.05) is 6.26 Å². The third kappa shape index (κ3) is 6.99. The number of rotatable bonds is 8. The van der Waals surface area contributed by atoms with E-state index in [0.29, 0.717) is 5.56 Å². The first kappa shape index (κ1) is 22.0. The molecule has 0 bridgehead atoms. The molecular weight excluding hydrogens is 417 g/mol. The number of esters is 1. The summed E-state index contributed by atoms with van der Waals surface area (Å²) in [6, 6.07) is 4.31. The van der Waals surface area contributed by atoms with E-state index in [2.05, 4.69) is 5.32 Å². The van der Waals surface area contributed by atoms with Gasteiger partial charge in [-0.1, -0.05) is 35.3 Å². The Morgan fingerprint density at radius 1 is 1.24 bits per heavy atom. The fourth-order valence-corrected chi connectivity index (χ4v) is 2.66. The molecule has 0 radical (unpaired) electrons. The molecule has 11 heteroatoms. The highest BCUT2D eigenvalue weighted by Crippen LogP contribution is 2.20. The standard InChI is InChI=1S/C14H16Cl3NO6S/c1-25(22,23)9-4-2-8(3-5-9)12(20)10(7-24-11(19)6-15)18-14(21)13(16)17/h2-5,10,12-13,20H,6-7H2,1H3,(H,18,21)/t10-,12-/m1/s1. The molecule has 0 saturated carbocycles. The fourth-order valence-electron chi connectivity index (χ4n) is 1.82. The SMILES string of the molecule is CS(=O)(=O)c1ccc([C@@H](O)[C@@H](COC(=O)CCl)NC(=O)C(Cl)Cl)cc1. The number of carbonyl (C=O) groups is 2. The molecule has 0 aliphatic heterocycles. The summed E-state index contributed by atoms with van der Waals surface area (Å²) < 4.78 is 27.7. The number of nitrogens with one attached hydrogen (secondary N) is 1. The lowest BCUT2D eigenvalue weighted by Crippen LogP contribution is -2.45. The maximum Gasteiger partial charge on any atom is 0.320 e. The highest BCUT2D eigenvalue weighted by molar-refractivity contribution is 7.90. The lowest BCUT2D eigenvalue weighted by atomic mass is 10.0. The zero-order chi connectivity index (χ0) is 19.2. The van der Waals surface area contributed by atoms with Crippen molar-refractivity contribution in [3.8, 4) is 0 Å². The van der Waals surface area contributed by atoms with Gasteiger partial charge in [-0.25, -0.2) is 8.42 Å². The van der Waals surface area contributed by atoms with E-state index in [9.17, 15) is 23.1 Å². The molecule has 1 rings (SSSR count). The Labute approximate surface area is 160 Å². The molecule has 1 aromatic carbocycles. The third-order valence-electron chi connectivity index (χ3n) is 3.09. The molecule has 0 aliphatic carbocycles.